The van der Waals surface area contributed by atoms with E-state index in [1.165, 1.54) is 84.6 Å². The second-order valence-corrected chi connectivity index (χ2v) is 35.7. The summed E-state index contributed by atoms with van der Waals surface area (Å²) in [6, 6.07) is 165. The summed E-state index contributed by atoms with van der Waals surface area (Å²) in [5, 5.41) is 42.4. The Hall–Kier alpha value is -7.50. The number of thioether (sulfide) groups is 2. The number of hydrogen-bond acceptors (Lipinski definition) is 7. The fourth-order valence-corrected chi connectivity index (χ4v) is 21.6. The van der Waals surface area contributed by atoms with Crippen molar-refractivity contribution in [3.05, 3.63) is 478 Å². The monoisotopic (exact) mass is 1790 g/mol. The first kappa shape index (κ1) is 96.3. The number of carbonyl (C=O) groups excluding carboxylic acids is 1. The molecule has 0 aliphatic heterocycles. The van der Waals surface area contributed by atoms with Gasteiger partial charge in [0.05, 0.1) is 0 Å². The van der Waals surface area contributed by atoms with Gasteiger partial charge in [0.25, 0.3) is 6.47 Å². The minimum atomic E-state index is -1.34. The average Bonchev–Trinajstić information content (AvgIpc) is 0.836. The Balaban J connectivity index is 0.000000242. The molecule has 0 aliphatic carbocycles. The van der Waals surface area contributed by atoms with Gasteiger partial charge in [0.2, 0.25) is 0 Å². The van der Waals surface area contributed by atoms with Crippen molar-refractivity contribution in [3.8, 4) is 11.1 Å². The van der Waals surface area contributed by atoms with Gasteiger partial charge in [-0.2, -0.15) is 0 Å². The molecule has 0 aliphatic rings. The first-order valence-corrected chi connectivity index (χ1v) is 44.8. The van der Waals surface area contributed by atoms with E-state index in [1.54, 1.807) is 47.8 Å². The van der Waals surface area contributed by atoms with E-state index in [2.05, 4.69) is 458 Å². The third kappa shape index (κ3) is 33.8. The van der Waals surface area contributed by atoms with Crippen LogP contribution in [0, 0.1) is 0 Å². The predicted octanol–water partition coefficient (Wildman–Crippen LogP) is 12.9. The van der Waals surface area contributed by atoms with Gasteiger partial charge < -0.3 is 21.6 Å². The number of halogens is 1. The van der Waals surface area contributed by atoms with Crippen LogP contribution in [-0.4, -0.2) is 36.2 Å². The Kier molecular flexibility index (Phi) is 48.2. The summed E-state index contributed by atoms with van der Waals surface area (Å²) in [6.45, 7) is -0.181. The standard InChI is InChI=1S/4C18H15P.C13H12S.C7H7BrS.C6H7BO2.CH2O3.2Na.Pd.H/c4*1-4-10-16(11-5-1)19(17-12-6-2-7-13-17)18-14-8-3-9-15-18;1-14-13-9-7-12(8-10-13)11-5-3-2-4-6-11;1-9-7-4-2-6(8)3-5-7;8-7(9)6-4-2-1-3-5-6;2-1-4-3;;;;/h4*1-15H;2-10H,1H3;2-5H,1H3;1-5,8-9H;1,3H;;;;/q;;;;;;;;2*+1;;-1/p-1. The molecule has 0 saturated heterocycles. The first-order valence-electron chi connectivity index (χ1n) is 36.2. The molecule has 16 aromatic rings. The minimum absolute atomic E-state index is 0. The van der Waals surface area contributed by atoms with Gasteiger partial charge in [-0.15, -0.1) is 23.5 Å². The fourth-order valence-electron chi connectivity index (χ4n) is 11.3. The Morgan fingerprint density at radius 3 is 0.574 bits per heavy atom. The number of hydrogen-bond donors (Lipinski definition) is 2. The van der Waals surface area contributed by atoms with Crippen LogP contribution in [0.15, 0.2) is 487 Å². The van der Waals surface area contributed by atoms with Gasteiger partial charge in [0.15, 0.2) is 0 Å². The summed E-state index contributed by atoms with van der Waals surface area (Å²) in [7, 11) is -3.13. The van der Waals surface area contributed by atoms with E-state index < -0.39 is 38.8 Å². The molecule has 2 N–H and O–H groups in total. The van der Waals surface area contributed by atoms with Gasteiger partial charge in [0, 0.05) is 34.7 Å². The number of benzene rings is 16. The van der Waals surface area contributed by atoms with Crippen molar-refractivity contribution in [1.29, 1.82) is 0 Å². The summed E-state index contributed by atoms with van der Waals surface area (Å²) in [4.78, 5) is 13.9. The topological polar surface area (TPSA) is 89.8 Å². The van der Waals surface area contributed by atoms with Crippen molar-refractivity contribution in [2.75, 3.05) is 12.5 Å². The predicted molar refractivity (Wildman–Crippen MR) is 495 cm³/mol. The van der Waals surface area contributed by atoms with Crippen LogP contribution in [0.1, 0.15) is 1.43 Å². The van der Waals surface area contributed by atoms with Crippen LogP contribution in [-0.2, 0) is 30.1 Å². The molecule has 0 aromatic heterocycles. The van der Waals surface area contributed by atoms with Crippen LogP contribution in [0.3, 0.4) is 0 Å². The molecular weight excluding hydrogens is 1700 g/mol. The molecule has 0 unspecified atom stereocenters. The van der Waals surface area contributed by atoms with E-state index in [-0.39, 0.29) is 87.4 Å². The van der Waals surface area contributed by atoms with Crippen LogP contribution in [0.2, 0.25) is 0 Å². The van der Waals surface area contributed by atoms with Gasteiger partial charge in [-0.3, -0.25) is 4.79 Å². The van der Waals surface area contributed by atoms with Crippen LogP contribution >= 0.6 is 71.1 Å². The van der Waals surface area contributed by atoms with Crippen LogP contribution in [0.4, 0.5) is 0 Å². The summed E-state index contributed by atoms with van der Waals surface area (Å²) in [5.74, 6) is 0. The first-order chi connectivity index (χ1) is 55.2. The van der Waals surface area contributed by atoms with Gasteiger partial charge in [-0.25, -0.2) is 0 Å². The van der Waals surface area contributed by atoms with Gasteiger partial charge in [-0.05, 0) is 161 Å². The Morgan fingerprint density at radius 1 is 0.278 bits per heavy atom. The van der Waals surface area contributed by atoms with E-state index in [4.69, 9.17) is 20.1 Å². The zero-order valence-electron chi connectivity index (χ0n) is 65.6. The van der Waals surface area contributed by atoms with E-state index in [1.807, 2.05) is 24.3 Å². The molecule has 115 heavy (non-hydrogen) atoms. The third-order valence-electron chi connectivity index (χ3n) is 16.6. The van der Waals surface area contributed by atoms with E-state index in [9.17, 15) is 0 Å². The summed E-state index contributed by atoms with van der Waals surface area (Å²) < 4.78 is 1.14. The molecule has 0 bridgehead atoms. The van der Waals surface area contributed by atoms with Crippen molar-refractivity contribution in [3.63, 3.8) is 0 Å². The number of carbonyl (C=O) groups is 1. The third-order valence-corrected chi connectivity index (χ3v) is 28.3. The smallest absolute Gasteiger partial charge is 1.00 e. The molecule has 0 spiro atoms. The molecule has 16 rings (SSSR count). The Labute approximate surface area is 762 Å². The molecule has 0 saturated carbocycles. The molecular formula is C99H88BBrNa2O5P4PdS2. The maximum Gasteiger partial charge on any atom is 1.00 e. The quantitative estimate of drug-likeness (QED) is 0.0234. The second-order valence-electron chi connectivity index (χ2n) is 24.1. The molecule has 568 valence electrons. The zero-order chi connectivity index (χ0) is 78.3. The van der Waals surface area contributed by atoms with Gasteiger partial charge in [-0.1, -0.05) is 453 Å². The Morgan fingerprint density at radius 2 is 0.426 bits per heavy atom. The fraction of sp³-hybridized carbons (Fsp3) is 0.0202. The minimum Gasteiger partial charge on any atom is -1.00 e. The number of rotatable bonds is 17. The summed E-state index contributed by atoms with van der Waals surface area (Å²) in [6.07, 6.45) is 4.17. The maximum absolute atomic E-state index is 8.64. The van der Waals surface area contributed by atoms with Crippen molar-refractivity contribution >= 4 is 154 Å². The molecule has 0 atom stereocenters. The second kappa shape index (κ2) is 57.6. The van der Waals surface area contributed by atoms with E-state index in [0.717, 1.165) is 4.47 Å². The SMILES string of the molecule is CSc1ccc(-c2ccccc2)cc1.CSc1ccc(Br)cc1.O=CO[O-].OB(O)c1ccccc1.[H-].[Na+].[Na+].[Pd].c1ccc(P(c2ccccc2)c2ccccc2)cc1.c1ccc(P(c2ccccc2)c2ccccc2)cc1.c1ccc(P(c2ccccc2)c2ccccc2)cc1.c1ccc(P(c2ccccc2)c2ccccc2)cc1. The van der Waals surface area contributed by atoms with Crippen molar-refractivity contribution in [1.82, 2.24) is 0 Å². The largest absolute Gasteiger partial charge is 1.00 e. The maximum atomic E-state index is 8.64. The van der Waals surface area contributed by atoms with E-state index >= 15 is 0 Å². The normalized spacial score (nSPS) is 9.86. The summed E-state index contributed by atoms with van der Waals surface area (Å²) >= 11 is 6.89. The van der Waals surface area contributed by atoms with Crippen LogP contribution in [0.5, 0.6) is 0 Å². The molecule has 0 radical (unpaired) electrons. The van der Waals surface area contributed by atoms with Gasteiger partial charge >= 0.3 is 66.2 Å². The molecule has 0 heterocycles. The van der Waals surface area contributed by atoms with E-state index in [0.29, 0.717) is 5.46 Å². The van der Waals surface area contributed by atoms with Crippen LogP contribution < -0.4 is 133 Å². The molecule has 16 heteroatoms. The van der Waals surface area contributed by atoms with Crippen molar-refractivity contribution < 1.29 is 106 Å². The van der Waals surface area contributed by atoms with Crippen molar-refractivity contribution in [2.24, 2.45) is 0 Å². The average molecular weight is 1790 g/mol. The molecule has 5 nitrogen and oxygen atoms in total. The van der Waals surface area contributed by atoms with Crippen molar-refractivity contribution in [2.45, 2.75) is 9.79 Å². The molecule has 0 amide bonds. The van der Waals surface area contributed by atoms with Crippen LogP contribution in [0.25, 0.3) is 11.1 Å². The summed E-state index contributed by atoms with van der Waals surface area (Å²) in [5.41, 5.74) is 3.08. The molecule has 16 aromatic carbocycles. The zero-order valence-corrected chi connectivity index (χ0v) is 77.0. The molecule has 0 fully saturated rings. The Bertz CT molecular complexity index is 4260. The van der Waals surface area contributed by atoms with Gasteiger partial charge in [0.1, 0.15) is 0 Å².